The Morgan fingerprint density at radius 2 is 1.93 bits per heavy atom. The molecule has 88 valence electrons. The molecule has 0 aromatic heterocycles. The Balaban J connectivity index is 4.68. The normalized spacial score (nSPS) is 13.7. The number of amidine groups is 1. The van der Waals surface area contributed by atoms with Gasteiger partial charge in [0, 0.05) is 13.1 Å². The van der Waals surface area contributed by atoms with Crippen LogP contribution in [0, 0.1) is 5.92 Å². The van der Waals surface area contributed by atoms with Crippen LogP contribution in [0.1, 0.15) is 33.6 Å². The Morgan fingerprint density at radius 3 is 2.27 bits per heavy atom. The molecule has 0 bridgehead atoms. The number of nitrogens with zero attached hydrogens (tertiary/aromatic N) is 2. The van der Waals surface area contributed by atoms with Gasteiger partial charge in [-0.1, -0.05) is 18.5 Å². The summed E-state index contributed by atoms with van der Waals surface area (Å²) in [6.07, 6.45) is 1.44. The van der Waals surface area contributed by atoms with Crippen LogP contribution in [0.25, 0.3) is 0 Å². The summed E-state index contributed by atoms with van der Waals surface area (Å²) in [5.41, 5.74) is 5.50. The van der Waals surface area contributed by atoms with Crippen molar-refractivity contribution >= 4 is 11.7 Å². The number of amides is 1. The van der Waals surface area contributed by atoms with E-state index in [9.17, 15) is 4.79 Å². The maximum Gasteiger partial charge on any atom is 0.233 e. The first-order valence-corrected chi connectivity index (χ1v) is 5.38. The van der Waals surface area contributed by atoms with Crippen LogP contribution in [0.3, 0.4) is 0 Å². The van der Waals surface area contributed by atoms with E-state index in [0.29, 0.717) is 19.5 Å². The lowest BCUT2D eigenvalue weighted by atomic mass is 10.0. The highest BCUT2D eigenvalue weighted by atomic mass is 16.4. The van der Waals surface area contributed by atoms with Crippen LogP contribution in [0.15, 0.2) is 5.16 Å². The van der Waals surface area contributed by atoms with Gasteiger partial charge in [0.2, 0.25) is 5.91 Å². The minimum Gasteiger partial charge on any atom is -0.409 e. The summed E-state index contributed by atoms with van der Waals surface area (Å²) in [6.45, 7) is 7.09. The van der Waals surface area contributed by atoms with Crippen LogP contribution in [0.2, 0.25) is 0 Å². The van der Waals surface area contributed by atoms with Gasteiger partial charge in [0.25, 0.3) is 0 Å². The molecule has 0 spiro atoms. The van der Waals surface area contributed by atoms with Crippen molar-refractivity contribution in [3.05, 3.63) is 0 Å². The monoisotopic (exact) mass is 215 g/mol. The highest BCUT2D eigenvalue weighted by Crippen LogP contribution is 2.11. The quantitative estimate of drug-likeness (QED) is 0.300. The Morgan fingerprint density at radius 1 is 1.40 bits per heavy atom. The number of carbonyl (C=O) groups is 1. The zero-order chi connectivity index (χ0) is 11.8. The molecule has 0 rings (SSSR count). The summed E-state index contributed by atoms with van der Waals surface area (Å²) >= 11 is 0. The average molecular weight is 215 g/mol. The van der Waals surface area contributed by atoms with Crippen molar-refractivity contribution in [3.63, 3.8) is 0 Å². The Labute approximate surface area is 90.9 Å². The summed E-state index contributed by atoms with van der Waals surface area (Å²) in [4.78, 5) is 13.6. The van der Waals surface area contributed by atoms with E-state index in [2.05, 4.69) is 5.16 Å². The fourth-order valence-corrected chi connectivity index (χ4v) is 1.51. The molecule has 0 saturated carbocycles. The smallest absolute Gasteiger partial charge is 0.233 e. The maximum absolute atomic E-state index is 11.9. The third-order valence-electron chi connectivity index (χ3n) is 2.42. The third-order valence-corrected chi connectivity index (χ3v) is 2.42. The predicted molar refractivity (Wildman–Crippen MR) is 59.7 cm³/mol. The molecule has 0 aromatic carbocycles. The molecule has 1 unspecified atom stereocenters. The van der Waals surface area contributed by atoms with Crippen LogP contribution >= 0.6 is 0 Å². The molecule has 1 amide bonds. The number of rotatable bonds is 6. The van der Waals surface area contributed by atoms with Crippen molar-refractivity contribution in [1.29, 1.82) is 0 Å². The fraction of sp³-hybridized carbons (Fsp3) is 0.800. The highest BCUT2D eigenvalue weighted by molar-refractivity contribution is 6.02. The molecule has 0 aliphatic heterocycles. The van der Waals surface area contributed by atoms with E-state index in [-0.39, 0.29) is 11.7 Å². The third kappa shape index (κ3) is 3.77. The van der Waals surface area contributed by atoms with Gasteiger partial charge >= 0.3 is 0 Å². The molecule has 15 heavy (non-hydrogen) atoms. The first-order chi connectivity index (χ1) is 7.12. The van der Waals surface area contributed by atoms with Gasteiger partial charge in [0.05, 0.1) is 5.92 Å². The van der Waals surface area contributed by atoms with Gasteiger partial charge in [-0.05, 0) is 20.3 Å². The van der Waals surface area contributed by atoms with Gasteiger partial charge in [-0.15, -0.1) is 0 Å². The fourth-order valence-electron chi connectivity index (χ4n) is 1.51. The predicted octanol–water partition coefficient (Wildman–Crippen LogP) is 1.02. The maximum atomic E-state index is 11.9. The van der Waals surface area contributed by atoms with Gasteiger partial charge in [0.1, 0.15) is 0 Å². The molecule has 0 aliphatic carbocycles. The van der Waals surface area contributed by atoms with E-state index in [1.807, 2.05) is 20.8 Å². The first-order valence-electron chi connectivity index (χ1n) is 5.38. The van der Waals surface area contributed by atoms with Gasteiger partial charge < -0.3 is 15.8 Å². The molecule has 0 radical (unpaired) electrons. The van der Waals surface area contributed by atoms with Crippen molar-refractivity contribution in [2.75, 3.05) is 13.1 Å². The topological polar surface area (TPSA) is 78.9 Å². The second-order valence-corrected chi connectivity index (χ2v) is 3.38. The van der Waals surface area contributed by atoms with Crippen LogP contribution in [-0.2, 0) is 4.79 Å². The lowest BCUT2D eigenvalue weighted by Crippen LogP contribution is -2.41. The molecular formula is C10H21N3O2. The number of carbonyl (C=O) groups excluding carboxylic acids is 1. The van der Waals surface area contributed by atoms with Gasteiger partial charge in [-0.3, -0.25) is 4.79 Å². The molecule has 5 heteroatoms. The van der Waals surface area contributed by atoms with E-state index < -0.39 is 5.92 Å². The lowest BCUT2D eigenvalue weighted by Gasteiger charge is -2.24. The molecule has 0 fully saturated rings. The van der Waals surface area contributed by atoms with Crippen LogP contribution < -0.4 is 5.73 Å². The van der Waals surface area contributed by atoms with Crippen molar-refractivity contribution in [2.24, 2.45) is 16.8 Å². The summed E-state index contributed by atoms with van der Waals surface area (Å²) in [6, 6.07) is 0. The van der Waals surface area contributed by atoms with Crippen molar-refractivity contribution < 1.29 is 10.0 Å². The standard InChI is InChI=1S/C10H21N3O2/c1-4-7-8(9(11)12-15)10(14)13(5-2)6-3/h8,15H,4-7H2,1-3H3,(H2,11,12). The SMILES string of the molecule is CCCC(C(=O)N(CC)CC)C(N)=NO. The Hall–Kier alpha value is -1.26. The van der Waals surface area contributed by atoms with Gasteiger partial charge in [0.15, 0.2) is 5.84 Å². The summed E-state index contributed by atoms with van der Waals surface area (Å²) < 4.78 is 0. The molecule has 0 heterocycles. The number of hydrogen-bond acceptors (Lipinski definition) is 3. The highest BCUT2D eigenvalue weighted by Gasteiger charge is 2.25. The number of nitrogens with two attached hydrogens (primary N) is 1. The molecule has 0 aliphatic rings. The number of oxime groups is 1. The lowest BCUT2D eigenvalue weighted by molar-refractivity contribution is -0.133. The van der Waals surface area contributed by atoms with Crippen LogP contribution in [0.4, 0.5) is 0 Å². The largest absolute Gasteiger partial charge is 0.409 e. The molecule has 0 aromatic rings. The van der Waals surface area contributed by atoms with E-state index >= 15 is 0 Å². The van der Waals surface area contributed by atoms with E-state index in [1.165, 1.54) is 0 Å². The zero-order valence-corrected chi connectivity index (χ0v) is 9.73. The first kappa shape index (κ1) is 13.7. The zero-order valence-electron chi connectivity index (χ0n) is 9.73. The number of hydrogen-bond donors (Lipinski definition) is 2. The minimum atomic E-state index is -0.486. The second kappa shape index (κ2) is 7.09. The molecule has 3 N–H and O–H groups in total. The second-order valence-electron chi connectivity index (χ2n) is 3.38. The summed E-state index contributed by atoms with van der Waals surface area (Å²) in [5.74, 6) is -0.536. The van der Waals surface area contributed by atoms with Crippen molar-refractivity contribution in [3.8, 4) is 0 Å². The van der Waals surface area contributed by atoms with Crippen molar-refractivity contribution in [2.45, 2.75) is 33.6 Å². The molecule has 0 saturated heterocycles. The van der Waals surface area contributed by atoms with E-state index in [4.69, 9.17) is 10.9 Å². The Bertz CT molecular complexity index is 225. The molecule has 5 nitrogen and oxygen atoms in total. The summed E-state index contributed by atoms with van der Waals surface area (Å²) in [5, 5.41) is 11.5. The molecule has 1 atom stereocenters. The molecular weight excluding hydrogens is 194 g/mol. The van der Waals surface area contributed by atoms with Gasteiger partial charge in [-0.2, -0.15) is 0 Å². The van der Waals surface area contributed by atoms with Gasteiger partial charge in [-0.25, -0.2) is 0 Å². The van der Waals surface area contributed by atoms with E-state index in [1.54, 1.807) is 4.90 Å². The Kier molecular flexibility index (Phi) is 6.49. The average Bonchev–Trinajstić information content (AvgIpc) is 2.26. The minimum absolute atomic E-state index is 0.00810. The van der Waals surface area contributed by atoms with Crippen molar-refractivity contribution in [1.82, 2.24) is 4.90 Å². The van der Waals surface area contributed by atoms with Crippen LogP contribution in [0.5, 0.6) is 0 Å². The van der Waals surface area contributed by atoms with Crippen LogP contribution in [-0.4, -0.2) is 34.9 Å². The van der Waals surface area contributed by atoms with E-state index in [0.717, 1.165) is 6.42 Å². The summed E-state index contributed by atoms with van der Waals surface area (Å²) in [7, 11) is 0.